The second kappa shape index (κ2) is 2.72. The molecule has 0 aromatic heterocycles. The summed E-state index contributed by atoms with van der Waals surface area (Å²) in [6.07, 6.45) is -1.01. The average molecular weight is 106 g/mol. The molecule has 0 saturated carbocycles. The van der Waals surface area contributed by atoms with Crippen LogP contribution >= 0.6 is 0 Å². The maximum atomic E-state index is 11.4. The van der Waals surface area contributed by atoms with Crippen molar-refractivity contribution in [2.24, 2.45) is 5.92 Å². The quantitative estimate of drug-likeness (QED) is 0.473. The van der Waals surface area contributed by atoms with Crippen molar-refractivity contribution >= 4 is 0 Å². The molecule has 1 atom stereocenters. The van der Waals surface area contributed by atoms with E-state index < -0.39 is 12.3 Å². The molecule has 0 spiro atoms. The number of hydrogen-bond donors (Lipinski definition) is 0. The normalized spacial score (nSPS) is 14.3. The van der Waals surface area contributed by atoms with Crippen molar-refractivity contribution in [1.29, 1.82) is 0 Å². The summed E-state index contributed by atoms with van der Waals surface area (Å²) in [5.41, 5.74) is 0. The highest BCUT2D eigenvalue weighted by Crippen LogP contribution is 2.07. The maximum Gasteiger partial charge on any atom is 0.244 e. The van der Waals surface area contributed by atoms with Gasteiger partial charge in [0.05, 0.1) is 0 Å². The topological polar surface area (TPSA) is 0 Å². The Bertz CT molecular complexity index is 59.1. The van der Waals surface area contributed by atoms with Gasteiger partial charge in [-0.25, -0.2) is 8.78 Å². The molecule has 2 heteroatoms. The summed E-state index contributed by atoms with van der Waals surface area (Å²) in [5.74, 6) is -0.667. The van der Waals surface area contributed by atoms with Crippen LogP contribution in [0.25, 0.3) is 0 Å². The lowest BCUT2D eigenvalue weighted by molar-refractivity contribution is 0.109. The second-order valence-electron chi connectivity index (χ2n) is 1.43. The summed E-state index contributed by atoms with van der Waals surface area (Å²) < 4.78 is 22.7. The number of hydrogen-bond acceptors (Lipinski definition) is 0. The van der Waals surface area contributed by atoms with Crippen LogP contribution in [0.1, 0.15) is 6.92 Å². The van der Waals surface area contributed by atoms with E-state index in [-0.39, 0.29) is 0 Å². The highest BCUT2D eigenvalue weighted by Gasteiger charge is 2.08. The lowest BCUT2D eigenvalue weighted by atomic mass is 10.2. The number of halogens is 2. The Morgan fingerprint density at radius 1 is 1.57 bits per heavy atom. The van der Waals surface area contributed by atoms with Gasteiger partial charge in [0.1, 0.15) is 0 Å². The molecule has 0 nitrogen and oxygen atoms in total. The van der Waals surface area contributed by atoms with Gasteiger partial charge in [-0.3, -0.25) is 0 Å². The minimum atomic E-state index is -2.25. The Morgan fingerprint density at radius 3 is 2.00 bits per heavy atom. The Labute approximate surface area is 41.8 Å². The first-order chi connectivity index (χ1) is 3.18. The largest absolute Gasteiger partial charge is 0.244 e. The van der Waals surface area contributed by atoms with Crippen molar-refractivity contribution < 1.29 is 8.78 Å². The van der Waals surface area contributed by atoms with Crippen molar-refractivity contribution in [1.82, 2.24) is 0 Å². The molecule has 0 aromatic carbocycles. The minimum Gasteiger partial charge on any atom is -0.210 e. The maximum absolute atomic E-state index is 11.4. The molecule has 0 saturated heterocycles. The molecule has 0 fully saturated rings. The molecule has 0 radical (unpaired) electrons. The fourth-order valence-electron chi connectivity index (χ4n) is 0.103. The highest BCUT2D eigenvalue weighted by molar-refractivity contribution is 4.75. The van der Waals surface area contributed by atoms with Crippen LogP contribution in [0.2, 0.25) is 0 Å². The monoisotopic (exact) mass is 106 g/mol. The third-order valence-electron chi connectivity index (χ3n) is 0.769. The van der Waals surface area contributed by atoms with E-state index in [1.165, 1.54) is 13.0 Å². The van der Waals surface area contributed by atoms with E-state index in [9.17, 15) is 8.78 Å². The third-order valence-corrected chi connectivity index (χ3v) is 0.769. The molecule has 0 aliphatic carbocycles. The Kier molecular flexibility index (Phi) is 2.56. The Hall–Kier alpha value is -0.400. The van der Waals surface area contributed by atoms with E-state index in [4.69, 9.17) is 0 Å². The fourth-order valence-corrected chi connectivity index (χ4v) is 0.103. The molecule has 0 amide bonds. The molecular weight excluding hydrogens is 98.1 g/mol. The van der Waals surface area contributed by atoms with Crippen molar-refractivity contribution in [3.8, 4) is 0 Å². The molecule has 7 heavy (non-hydrogen) atoms. The van der Waals surface area contributed by atoms with Crippen LogP contribution in [-0.2, 0) is 0 Å². The smallest absolute Gasteiger partial charge is 0.210 e. The summed E-state index contributed by atoms with van der Waals surface area (Å²) in [5, 5.41) is 0. The lowest BCUT2D eigenvalue weighted by Gasteiger charge is -1.99. The van der Waals surface area contributed by atoms with E-state index >= 15 is 0 Å². The molecule has 0 N–H and O–H groups in total. The number of allylic oxidation sites excluding steroid dienone is 1. The first-order valence-electron chi connectivity index (χ1n) is 2.09. The average Bonchev–Trinajstić information content (AvgIpc) is 1.65. The van der Waals surface area contributed by atoms with Gasteiger partial charge < -0.3 is 0 Å². The van der Waals surface area contributed by atoms with Crippen molar-refractivity contribution in [2.75, 3.05) is 0 Å². The van der Waals surface area contributed by atoms with Crippen LogP contribution in [0.5, 0.6) is 0 Å². The van der Waals surface area contributed by atoms with Gasteiger partial charge in [0.15, 0.2) is 0 Å². The van der Waals surface area contributed by atoms with Crippen LogP contribution in [0.15, 0.2) is 12.7 Å². The van der Waals surface area contributed by atoms with Gasteiger partial charge >= 0.3 is 0 Å². The standard InChI is InChI=1S/C5H8F2/c1-3-4(2)5(6)7/h3-5H,1H2,2H3. The summed E-state index contributed by atoms with van der Waals surface area (Å²) in [6.45, 7) is 4.63. The summed E-state index contributed by atoms with van der Waals surface area (Å²) in [6, 6.07) is 0. The van der Waals surface area contributed by atoms with Gasteiger partial charge in [-0.05, 0) is 0 Å². The highest BCUT2D eigenvalue weighted by atomic mass is 19.3. The van der Waals surface area contributed by atoms with Crippen molar-refractivity contribution in [3.05, 3.63) is 12.7 Å². The van der Waals surface area contributed by atoms with Crippen molar-refractivity contribution in [3.63, 3.8) is 0 Å². The summed E-state index contributed by atoms with van der Waals surface area (Å²) >= 11 is 0. The molecule has 42 valence electrons. The van der Waals surface area contributed by atoms with Crippen LogP contribution in [0.3, 0.4) is 0 Å². The number of alkyl halides is 2. The van der Waals surface area contributed by atoms with Gasteiger partial charge in [0.25, 0.3) is 0 Å². The zero-order valence-corrected chi connectivity index (χ0v) is 4.20. The zero-order valence-electron chi connectivity index (χ0n) is 4.20. The molecular formula is C5H8F2. The first-order valence-corrected chi connectivity index (χ1v) is 2.09. The van der Waals surface area contributed by atoms with Crippen LogP contribution in [0.4, 0.5) is 8.78 Å². The van der Waals surface area contributed by atoms with E-state index in [1.807, 2.05) is 0 Å². The van der Waals surface area contributed by atoms with Crippen LogP contribution < -0.4 is 0 Å². The van der Waals surface area contributed by atoms with E-state index in [0.717, 1.165) is 0 Å². The lowest BCUT2D eigenvalue weighted by Crippen LogP contribution is -2.01. The predicted octanol–water partition coefficient (Wildman–Crippen LogP) is 2.07. The molecule has 0 aliphatic heterocycles. The fraction of sp³-hybridized carbons (Fsp3) is 0.600. The molecule has 0 heterocycles. The first kappa shape index (κ1) is 6.60. The Balaban J connectivity index is 3.33. The third kappa shape index (κ3) is 2.31. The summed E-state index contributed by atoms with van der Waals surface area (Å²) in [4.78, 5) is 0. The minimum absolute atomic E-state index is 0.667. The van der Waals surface area contributed by atoms with Gasteiger partial charge in [-0.2, -0.15) is 0 Å². The van der Waals surface area contributed by atoms with Crippen molar-refractivity contribution in [2.45, 2.75) is 13.3 Å². The van der Waals surface area contributed by atoms with Crippen LogP contribution in [-0.4, -0.2) is 6.43 Å². The van der Waals surface area contributed by atoms with E-state index in [0.29, 0.717) is 0 Å². The predicted molar refractivity (Wildman–Crippen MR) is 25.4 cm³/mol. The van der Waals surface area contributed by atoms with Gasteiger partial charge in [-0.15, -0.1) is 6.58 Å². The molecule has 0 bridgehead atoms. The Morgan fingerprint density at radius 2 is 2.00 bits per heavy atom. The molecule has 0 aromatic rings. The molecule has 0 rings (SSSR count). The zero-order chi connectivity index (χ0) is 5.86. The molecule has 1 unspecified atom stereocenters. The van der Waals surface area contributed by atoms with Crippen LogP contribution in [0, 0.1) is 5.92 Å². The molecule has 0 aliphatic rings. The SMILES string of the molecule is C=CC(C)C(F)F. The van der Waals surface area contributed by atoms with E-state index in [1.54, 1.807) is 0 Å². The van der Waals surface area contributed by atoms with Gasteiger partial charge in [0, 0.05) is 5.92 Å². The van der Waals surface area contributed by atoms with E-state index in [2.05, 4.69) is 6.58 Å². The number of rotatable bonds is 2. The summed E-state index contributed by atoms with van der Waals surface area (Å²) in [7, 11) is 0. The second-order valence-corrected chi connectivity index (χ2v) is 1.43. The van der Waals surface area contributed by atoms with Gasteiger partial charge in [0.2, 0.25) is 6.43 Å². The van der Waals surface area contributed by atoms with Gasteiger partial charge in [-0.1, -0.05) is 13.0 Å².